The van der Waals surface area contributed by atoms with Gasteiger partial charge in [-0.1, -0.05) is 71.9 Å². The molecule has 6 atom stereocenters. The fraction of sp³-hybridized carbons (Fsp3) is 0.303. The van der Waals surface area contributed by atoms with Gasteiger partial charge in [-0.3, -0.25) is 9.59 Å². The highest BCUT2D eigenvalue weighted by molar-refractivity contribution is 5.79. The van der Waals surface area contributed by atoms with E-state index in [9.17, 15) is 45.0 Å². The lowest BCUT2D eigenvalue weighted by atomic mass is 9.87. The fourth-order valence-corrected chi connectivity index (χ4v) is 5.51. The van der Waals surface area contributed by atoms with E-state index in [0.29, 0.717) is 16.8 Å². The Hall–Kier alpha value is -5.19. The number of hydrogen-bond acceptors (Lipinski definition) is 11. The van der Waals surface area contributed by atoms with Gasteiger partial charge in [-0.05, 0) is 28.8 Å². The SMILES string of the molecule is O=C(Cc1ccc(-c2ccc(O)cc2)cc1)NC[C@@H](O)[C@@H](O)[C@@H]1O[C@](C(=O)O)(n2cc(-c3ccccc3)nn2)C[C@H](O)[C@H]1NC(=O)CO. The highest BCUT2D eigenvalue weighted by Gasteiger charge is 2.56. The maximum absolute atomic E-state index is 12.7. The van der Waals surface area contributed by atoms with Crippen LogP contribution < -0.4 is 10.6 Å². The minimum atomic E-state index is -2.43. The largest absolute Gasteiger partial charge is 0.508 e. The molecule has 0 unspecified atom stereocenters. The van der Waals surface area contributed by atoms with Crippen molar-refractivity contribution in [2.45, 2.75) is 49.0 Å². The molecule has 15 heteroatoms. The second-order valence-corrected chi connectivity index (χ2v) is 11.4. The van der Waals surface area contributed by atoms with Crippen LogP contribution in [0.4, 0.5) is 0 Å². The number of carbonyl (C=O) groups excluding carboxylic acids is 2. The van der Waals surface area contributed by atoms with Gasteiger partial charge in [0.2, 0.25) is 11.8 Å². The lowest BCUT2D eigenvalue weighted by molar-refractivity contribution is -0.257. The Morgan fingerprint density at radius 3 is 2.21 bits per heavy atom. The molecule has 3 aromatic carbocycles. The summed E-state index contributed by atoms with van der Waals surface area (Å²) in [4.78, 5) is 37.6. The molecular weight excluding hydrogens is 626 g/mol. The Labute approximate surface area is 274 Å². The number of benzene rings is 3. The third kappa shape index (κ3) is 7.51. The van der Waals surface area contributed by atoms with Crippen molar-refractivity contribution in [2.75, 3.05) is 13.2 Å². The van der Waals surface area contributed by atoms with Crippen molar-refractivity contribution in [1.29, 1.82) is 0 Å². The highest BCUT2D eigenvalue weighted by Crippen LogP contribution is 2.36. The average Bonchev–Trinajstić information content (AvgIpc) is 3.60. The smallest absolute Gasteiger partial charge is 0.359 e. The number of aromatic nitrogens is 3. The first-order chi connectivity index (χ1) is 23.0. The second-order valence-electron chi connectivity index (χ2n) is 11.4. The minimum absolute atomic E-state index is 0.0648. The Morgan fingerprint density at radius 2 is 1.58 bits per heavy atom. The third-order valence-corrected chi connectivity index (χ3v) is 8.08. The molecule has 1 aromatic heterocycles. The normalized spacial score (nSPS) is 22.0. The molecule has 0 bridgehead atoms. The van der Waals surface area contributed by atoms with Crippen LogP contribution in [-0.4, -0.2) is 107 Å². The lowest BCUT2D eigenvalue weighted by Gasteiger charge is -2.46. The summed E-state index contributed by atoms with van der Waals surface area (Å²) in [5, 5.41) is 75.1. The molecule has 8 N–H and O–H groups in total. The number of aromatic hydroxyl groups is 1. The van der Waals surface area contributed by atoms with Crippen LogP contribution >= 0.6 is 0 Å². The maximum atomic E-state index is 12.7. The van der Waals surface area contributed by atoms with Crippen LogP contribution in [0, 0.1) is 0 Å². The number of rotatable bonds is 12. The van der Waals surface area contributed by atoms with Gasteiger partial charge < -0.3 is 46.0 Å². The molecule has 0 spiro atoms. The summed E-state index contributed by atoms with van der Waals surface area (Å²) in [6, 6.07) is 21.0. The van der Waals surface area contributed by atoms with Crippen molar-refractivity contribution in [1.82, 2.24) is 25.6 Å². The summed E-state index contributed by atoms with van der Waals surface area (Å²) >= 11 is 0. The molecule has 252 valence electrons. The number of nitrogens with zero attached hydrogens (tertiary/aromatic N) is 3. The van der Waals surface area contributed by atoms with Crippen LogP contribution in [0.15, 0.2) is 85.1 Å². The van der Waals surface area contributed by atoms with E-state index in [1.807, 2.05) is 12.1 Å². The predicted molar refractivity (Wildman–Crippen MR) is 168 cm³/mol. The van der Waals surface area contributed by atoms with Crippen LogP contribution in [0.25, 0.3) is 22.4 Å². The molecule has 5 rings (SSSR count). The molecule has 1 saturated heterocycles. The number of ether oxygens (including phenoxy) is 1. The van der Waals surface area contributed by atoms with Gasteiger partial charge in [-0.25, -0.2) is 9.48 Å². The van der Waals surface area contributed by atoms with Crippen LogP contribution in [0.3, 0.4) is 0 Å². The first-order valence-corrected chi connectivity index (χ1v) is 15.0. The predicted octanol–water partition coefficient (Wildman–Crippen LogP) is -0.237. The summed E-state index contributed by atoms with van der Waals surface area (Å²) in [5.74, 6) is -2.91. The number of phenolic OH excluding ortho intramolecular Hbond substituents is 1. The van der Waals surface area contributed by atoms with Gasteiger partial charge >= 0.3 is 5.97 Å². The molecule has 0 aliphatic carbocycles. The molecular formula is C33H35N5O10. The molecule has 1 fully saturated rings. The molecule has 48 heavy (non-hydrogen) atoms. The summed E-state index contributed by atoms with van der Waals surface area (Å²) in [7, 11) is 0. The zero-order valence-corrected chi connectivity index (χ0v) is 25.5. The van der Waals surface area contributed by atoms with Crippen molar-refractivity contribution >= 4 is 17.8 Å². The van der Waals surface area contributed by atoms with E-state index in [0.717, 1.165) is 15.8 Å². The average molecular weight is 662 g/mol. The first kappa shape index (κ1) is 34.2. The van der Waals surface area contributed by atoms with Gasteiger partial charge in [-0.15, -0.1) is 5.10 Å². The number of carboxylic acid groups (broad SMARTS) is 1. The molecule has 1 aliphatic rings. The Kier molecular flexibility index (Phi) is 10.5. The van der Waals surface area contributed by atoms with Crippen molar-refractivity contribution in [3.63, 3.8) is 0 Å². The molecule has 0 radical (unpaired) electrons. The quantitative estimate of drug-likeness (QED) is 0.0983. The van der Waals surface area contributed by atoms with E-state index in [-0.39, 0.29) is 12.2 Å². The van der Waals surface area contributed by atoms with E-state index in [2.05, 4.69) is 20.9 Å². The van der Waals surface area contributed by atoms with E-state index in [1.165, 1.54) is 6.20 Å². The number of phenols is 1. The van der Waals surface area contributed by atoms with Gasteiger partial charge in [0.15, 0.2) is 0 Å². The van der Waals surface area contributed by atoms with Gasteiger partial charge in [0.1, 0.15) is 30.3 Å². The number of amides is 2. The molecule has 1 aliphatic heterocycles. The number of aliphatic carboxylic acids is 1. The van der Waals surface area contributed by atoms with Crippen LogP contribution in [0.2, 0.25) is 0 Å². The molecule has 4 aromatic rings. The van der Waals surface area contributed by atoms with Crippen molar-refractivity contribution < 1.29 is 49.8 Å². The van der Waals surface area contributed by atoms with E-state index < -0.39 is 73.5 Å². The number of carboxylic acids is 1. The summed E-state index contributed by atoms with van der Waals surface area (Å²) < 4.78 is 6.79. The number of carbonyl (C=O) groups is 3. The Morgan fingerprint density at radius 1 is 0.938 bits per heavy atom. The van der Waals surface area contributed by atoms with Crippen molar-refractivity contribution in [2.24, 2.45) is 0 Å². The highest BCUT2D eigenvalue weighted by atomic mass is 16.6. The van der Waals surface area contributed by atoms with Gasteiger partial charge in [0.05, 0.1) is 30.9 Å². The van der Waals surface area contributed by atoms with Crippen LogP contribution in [0.5, 0.6) is 5.75 Å². The monoisotopic (exact) mass is 661 g/mol. The minimum Gasteiger partial charge on any atom is -0.508 e. The molecule has 2 heterocycles. The fourth-order valence-electron chi connectivity index (χ4n) is 5.51. The lowest BCUT2D eigenvalue weighted by Crippen LogP contribution is -2.68. The summed E-state index contributed by atoms with van der Waals surface area (Å²) in [6.45, 7) is -1.47. The zero-order valence-electron chi connectivity index (χ0n) is 25.5. The standard InChI is InChI=1S/C33H35N5O10/c39-18-28(44)35-29-25(41)15-33(32(46)47,38-17-24(36-37-38)22-4-2-1-3-5-22)48-31(29)30(45)26(42)16-34-27(43)14-19-6-8-20(9-7-19)21-10-12-23(40)13-11-21/h1-13,17,25-26,29-31,39-42,45H,14-16,18H2,(H,34,43)(H,35,44)(H,46,47)/t25-,26+,29+,30+,31+,33+/m0/s1. The van der Waals surface area contributed by atoms with Gasteiger partial charge in [0, 0.05) is 18.5 Å². The molecule has 0 saturated carbocycles. The summed E-state index contributed by atoms with van der Waals surface area (Å²) in [5.41, 5.74) is 0.877. The van der Waals surface area contributed by atoms with Gasteiger partial charge in [0.25, 0.3) is 5.72 Å². The van der Waals surface area contributed by atoms with Crippen LogP contribution in [0.1, 0.15) is 12.0 Å². The van der Waals surface area contributed by atoms with Crippen LogP contribution in [-0.2, 0) is 31.3 Å². The third-order valence-electron chi connectivity index (χ3n) is 8.08. The van der Waals surface area contributed by atoms with E-state index >= 15 is 0 Å². The molecule has 2 amide bonds. The number of aliphatic hydroxyl groups is 4. The Balaban J connectivity index is 1.30. The first-order valence-electron chi connectivity index (χ1n) is 15.0. The topological polar surface area (TPSA) is 237 Å². The molecule has 15 nitrogen and oxygen atoms in total. The Bertz CT molecular complexity index is 1720. The summed E-state index contributed by atoms with van der Waals surface area (Å²) in [6.07, 6.45) is -6.56. The number of nitrogens with one attached hydrogen (secondary N) is 2. The maximum Gasteiger partial charge on any atom is 0.359 e. The van der Waals surface area contributed by atoms with Crippen molar-refractivity contribution in [3.8, 4) is 28.1 Å². The second kappa shape index (κ2) is 14.7. The van der Waals surface area contributed by atoms with E-state index in [1.54, 1.807) is 66.7 Å². The van der Waals surface area contributed by atoms with Gasteiger partial charge in [-0.2, -0.15) is 0 Å². The number of hydrogen-bond donors (Lipinski definition) is 8. The van der Waals surface area contributed by atoms with E-state index in [4.69, 9.17) is 4.74 Å². The zero-order chi connectivity index (χ0) is 34.4. The van der Waals surface area contributed by atoms with Crippen molar-refractivity contribution in [3.05, 3.63) is 90.6 Å². The number of aliphatic hydroxyl groups excluding tert-OH is 4.